The fourth-order valence-electron chi connectivity index (χ4n) is 5.11. The molecule has 3 aliphatic heterocycles. The largest absolute Gasteiger partial charge is 0.368 e. The minimum absolute atomic E-state index is 0.331. The van der Waals surface area contributed by atoms with Crippen molar-refractivity contribution < 1.29 is 0 Å². The van der Waals surface area contributed by atoms with E-state index in [0.717, 1.165) is 36.8 Å². The quantitative estimate of drug-likeness (QED) is 0.891. The summed E-state index contributed by atoms with van der Waals surface area (Å²) in [5.41, 5.74) is 9.89. The maximum atomic E-state index is 6.13. The first-order valence-electron chi connectivity index (χ1n) is 9.98. The molecule has 26 heavy (non-hydrogen) atoms. The molecule has 2 bridgehead atoms. The Morgan fingerprint density at radius 1 is 1.04 bits per heavy atom. The zero-order valence-electron chi connectivity index (χ0n) is 15.2. The topological polar surface area (TPSA) is 67.1 Å². The molecule has 4 heterocycles. The van der Waals surface area contributed by atoms with Gasteiger partial charge in [-0.1, -0.05) is 30.3 Å². The molecule has 5 heteroatoms. The minimum atomic E-state index is 0.331. The summed E-state index contributed by atoms with van der Waals surface area (Å²) >= 11 is 0. The van der Waals surface area contributed by atoms with Crippen molar-refractivity contribution in [3.8, 4) is 0 Å². The maximum absolute atomic E-state index is 6.13. The Bertz CT molecular complexity index is 782. The van der Waals surface area contributed by atoms with E-state index < -0.39 is 0 Å². The van der Waals surface area contributed by atoms with E-state index in [0.29, 0.717) is 17.9 Å². The standard InChI is InChI=1S/C21H27N5/c22-21-24-19-16(14-5-2-1-3-6-14)7-4-8-17(19)20(25-21)23-18-13-26-11-9-15(18)10-12-26/h1-3,5-6,15-16,18H,4,7-13H2,(H3,22,23,24,25)/t16?,18-/m1/s1. The van der Waals surface area contributed by atoms with E-state index in [1.807, 2.05) is 0 Å². The number of fused-ring (bicyclic) bond motifs is 4. The molecule has 2 aromatic rings. The van der Waals surface area contributed by atoms with Gasteiger partial charge in [0.1, 0.15) is 5.82 Å². The maximum Gasteiger partial charge on any atom is 0.222 e. The van der Waals surface area contributed by atoms with Crippen LogP contribution >= 0.6 is 0 Å². The summed E-state index contributed by atoms with van der Waals surface area (Å²) in [6, 6.07) is 11.2. The molecule has 4 aliphatic rings. The molecule has 3 fully saturated rings. The van der Waals surface area contributed by atoms with Crippen LogP contribution in [-0.4, -0.2) is 40.5 Å². The molecule has 1 aromatic heterocycles. The van der Waals surface area contributed by atoms with Gasteiger partial charge in [0.25, 0.3) is 0 Å². The van der Waals surface area contributed by atoms with Crippen LogP contribution in [0.5, 0.6) is 0 Å². The van der Waals surface area contributed by atoms with Crippen molar-refractivity contribution in [1.29, 1.82) is 0 Å². The average molecular weight is 349 g/mol. The summed E-state index contributed by atoms with van der Waals surface area (Å²) in [7, 11) is 0. The number of hydrogen-bond acceptors (Lipinski definition) is 5. The highest BCUT2D eigenvalue weighted by atomic mass is 15.2. The summed E-state index contributed by atoms with van der Waals surface area (Å²) in [6.45, 7) is 3.64. The molecule has 3 saturated heterocycles. The van der Waals surface area contributed by atoms with Crippen molar-refractivity contribution in [2.24, 2.45) is 5.92 Å². The van der Waals surface area contributed by atoms with Gasteiger partial charge >= 0.3 is 0 Å². The Morgan fingerprint density at radius 2 is 1.85 bits per heavy atom. The molecule has 1 unspecified atom stereocenters. The Morgan fingerprint density at radius 3 is 2.58 bits per heavy atom. The third kappa shape index (κ3) is 2.84. The molecule has 3 N–H and O–H groups in total. The lowest BCUT2D eigenvalue weighted by Crippen LogP contribution is -2.53. The molecule has 6 rings (SSSR count). The number of rotatable bonds is 3. The molecule has 0 spiro atoms. The fraction of sp³-hybridized carbons (Fsp3) is 0.524. The predicted molar refractivity (Wildman–Crippen MR) is 104 cm³/mol. The first-order chi connectivity index (χ1) is 12.8. The number of nitrogens with two attached hydrogens (primary N) is 1. The van der Waals surface area contributed by atoms with Crippen LogP contribution < -0.4 is 11.1 Å². The number of hydrogen-bond donors (Lipinski definition) is 2. The van der Waals surface area contributed by atoms with Crippen LogP contribution in [0.3, 0.4) is 0 Å². The third-order valence-electron chi connectivity index (χ3n) is 6.49. The van der Waals surface area contributed by atoms with Crippen molar-refractivity contribution in [3.63, 3.8) is 0 Å². The molecule has 0 radical (unpaired) electrons. The number of aromatic nitrogens is 2. The molecule has 0 saturated carbocycles. The van der Waals surface area contributed by atoms with Gasteiger partial charge in [-0.2, -0.15) is 4.98 Å². The zero-order chi connectivity index (χ0) is 17.5. The second-order valence-electron chi connectivity index (χ2n) is 8.04. The van der Waals surface area contributed by atoms with E-state index in [4.69, 9.17) is 5.73 Å². The molecular weight excluding hydrogens is 322 g/mol. The lowest BCUT2D eigenvalue weighted by molar-refractivity contribution is 0.0973. The van der Waals surface area contributed by atoms with Crippen molar-refractivity contribution in [3.05, 3.63) is 47.2 Å². The number of nitrogens with one attached hydrogen (secondary N) is 1. The second kappa shape index (κ2) is 6.54. The monoisotopic (exact) mass is 349 g/mol. The summed E-state index contributed by atoms with van der Waals surface area (Å²) in [6.07, 6.45) is 5.95. The number of piperidine rings is 3. The van der Waals surface area contributed by atoms with Crippen molar-refractivity contribution >= 4 is 11.8 Å². The van der Waals surface area contributed by atoms with Crippen LogP contribution in [0.4, 0.5) is 11.8 Å². The Kier molecular flexibility index (Phi) is 4.04. The highest BCUT2D eigenvalue weighted by Gasteiger charge is 2.35. The van der Waals surface area contributed by atoms with Crippen LogP contribution in [0, 0.1) is 5.92 Å². The van der Waals surface area contributed by atoms with Crippen molar-refractivity contribution in [1.82, 2.24) is 14.9 Å². The number of anilines is 2. The number of benzene rings is 1. The Balaban J connectivity index is 1.49. The molecule has 5 nitrogen and oxygen atoms in total. The minimum Gasteiger partial charge on any atom is -0.368 e. The van der Waals surface area contributed by atoms with Gasteiger partial charge < -0.3 is 16.0 Å². The number of nitrogens with zero attached hydrogens (tertiary/aromatic N) is 3. The lowest BCUT2D eigenvalue weighted by Gasteiger charge is -2.45. The first kappa shape index (κ1) is 16.1. The van der Waals surface area contributed by atoms with Gasteiger partial charge in [-0.05, 0) is 56.7 Å². The van der Waals surface area contributed by atoms with E-state index in [1.54, 1.807) is 0 Å². The average Bonchev–Trinajstić information content (AvgIpc) is 2.69. The highest BCUT2D eigenvalue weighted by molar-refractivity contribution is 5.54. The Hall–Kier alpha value is -2.14. The SMILES string of the molecule is Nc1nc(N[C@@H]2CN3CCC2CC3)c2c(n1)C(c1ccccc1)CCC2. The van der Waals surface area contributed by atoms with Gasteiger partial charge in [-0.15, -0.1) is 0 Å². The fourth-order valence-corrected chi connectivity index (χ4v) is 5.11. The second-order valence-corrected chi connectivity index (χ2v) is 8.04. The van der Waals surface area contributed by atoms with Crippen LogP contribution in [0.1, 0.15) is 48.4 Å². The van der Waals surface area contributed by atoms with E-state index in [-0.39, 0.29) is 0 Å². The van der Waals surface area contributed by atoms with Crippen molar-refractivity contribution in [2.75, 3.05) is 30.7 Å². The van der Waals surface area contributed by atoms with E-state index >= 15 is 0 Å². The van der Waals surface area contributed by atoms with E-state index in [2.05, 4.69) is 50.5 Å². The smallest absolute Gasteiger partial charge is 0.222 e. The molecule has 0 amide bonds. The van der Waals surface area contributed by atoms with Crippen LogP contribution in [0.2, 0.25) is 0 Å². The molecule has 1 aliphatic carbocycles. The summed E-state index contributed by atoms with van der Waals surface area (Å²) in [5, 5.41) is 3.78. The molecule has 136 valence electrons. The van der Waals surface area contributed by atoms with Gasteiger partial charge in [0.05, 0.1) is 5.69 Å². The summed E-state index contributed by atoms with van der Waals surface area (Å²) in [5.74, 6) is 2.49. The zero-order valence-corrected chi connectivity index (χ0v) is 15.2. The van der Waals surface area contributed by atoms with E-state index in [1.165, 1.54) is 43.5 Å². The van der Waals surface area contributed by atoms with Crippen LogP contribution in [-0.2, 0) is 6.42 Å². The van der Waals surface area contributed by atoms with E-state index in [9.17, 15) is 0 Å². The van der Waals surface area contributed by atoms with Crippen LogP contribution in [0.15, 0.2) is 30.3 Å². The normalized spacial score (nSPS) is 30.0. The molecular formula is C21H27N5. The summed E-state index contributed by atoms with van der Waals surface area (Å²) < 4.78 is 0. The highest BCUT2D eigenvalue weighted by Crippen LogP contribution is 2.39. The lowest BCUT2D eigenvalue weighted by atomic mass is 9.81. The van der Waals surface area contributed by atoms with Gasteiger partial charge in [0, 0.05) is 24.1 Å². The van der Waals surface area contributed by atoms with Gasteiger partial charge in [0.2, 0.25) is 5.95 Å². The predicted octanol–water partition coefficient (Wildman–Crippen LogP) is 3.03. The van der Waals surface area contributed by atoms with Crippen molar-refractivity contribution in [2.45, 2.75) is 44.1 Å². The summed E-state index contributed by atoms with van der Waals surface area (Å²) in [4.78, 5) is 11.9. The van der Waals surface area contributed by atoms with Gasteiger partial charge in [0.15, 0.2) is 0 Å². The van der Waals surface area contributed by atoms with Crippen LogP contribution in [0.25, 0.3) is 0 Å². The molecule has 1 aromatic carbocycles. The first-order valence-corrected chi connectivity index (χ1v) is 9.98. The third-order valence-corrected chi connectivity index (χ3v) is 6.49. The number of nitrogen functional groups attached to an aromatic ring is 1. The Labute approximate surface area is 155 Å². The van der Waals surface area contributed by atoms with Gasteiger partial charge in [-0.3, -0.25) is 0 Å². The van der Waals surface area contributed by atoms with Gasteiger partial charge in [-0.25, -0.2) is 4.98 Å². The molecule has 2 atom stereocenters.